The molecule has 0 aliphatic rings. The molecule has 0 atom stereocenters. The summed E-state index contributed by atoms with van der Waals surface area (Å²) >= 11 is 1.38. The molecule has 2 heterocycles. The van der Waals surface area contributed by atoms with Crippen LogP contribution in [0.3, 0.4) is 0 Å². The molecule has 0 aliphatic carbocycles. The molecule has 0 saturated carbocycles. The van der Waals surface area contributed by atoms with Crippen LogP contribution >= 0.6 is 11.3 Å². The first-order valence-corrected chi connectivity index (χ1v) is 9.58. The van der Waals surface area contributed by atoms with Gasteiger partial charge in [0.1, 0.15) is 11.4 Å². The maximum atomic E-state index is 12.9. The second-order valence-electron chi connectivity index (χ2n) is 6.03. The van der Waals surface area contributed by atoms with Crippen molar-refractivity contribution in [1.82, 2.24) is 20.2 Å². The first-order chi connectivity index (χ1) is 13.1. The molecular weight excluding hydrogens is 364 g/mol. The van der Waals surface area contributed by atoms with Gasteiger partial charge in [0.2, 0.25) is 5.91 Å². The Hall–Kier alpha value is -3.00. The van der Waals surface area contributed by atoms with E-state index in [-0.39, 0.29) is 12.1 Å². The third-order valence-electron chi connectivity index (χ3n) is 4.03. The Bertz CT molecular complexity index is 1010. The van der Waals surface area contributed by atoms with Crippen LogP contribution in [0.4, 0.5) is 4.79 Å². The van der Waals surface area contributed by atoms with Gasteiger partial charge in [-0.3, -0.25) is 19.5 Å². The first-order valence-electron chi connectivity index (χ1n) is 8.70. The lowest BCUT2D eigenvalue weighted by molar-refractivity contribution is -0.120. The van der Waals surface area contributed by atoms with E-state index >= 15 is 0 Å². The molecule has 3 rings (SSSR count). The fourth-order valence-corrected chi connectivity index (χ4v) is 3.56. The maximum absolute atomic E-state index is 12.9. The van der Waals surface area contributed by atoms with Crippen molar-refractivity contribution < 1.29 is 9.59 Å². The molecule has 0 spiro atoms. The lowest BCUT2D eigenvalue weighted by Crippen LogP contribution is -2.42. The van der Waals surface area contributed by atoms with Crippen molar-refractivity contribution >= 4 is 33.5 Å². The molecule has 0 bridgehead atoms. The van der Waals surface area contributed by atoms with Gasteiger partial charge in [0, 0.05) is 17.5 Å². The number of nitrogens with one attached hydrogen (secondary N) is 2. The van der Waals surface area contributed by atoms with Crippen LogP contribution in [0, 0.1) is 0 Å². The Kier molecular flexibility index (Phi) is 5.97. The Balaban J connectivity index is 1.80. The number of carbonyl (C=O) groups is 2. The summed E-state index contributed by atoms with van der Waals surface area (Å²) in [6.45, 7) is 2.24. The fourth-order valence-electron chi connectivity index (χ4n) is 2.65. The highest BCUT2D eigenvalue weighted by Crippen LogP contribution is 2.30. The zero-order valence-corrected chi connectivity index (χ0v) is 15.7. The minimum atomic E-state index is -0.566. The average molecular weight is 384 g/mol. The Labute approximate surface area is 160 Å². The predicted molar refractivity (Wildman–Crippen MR) is 106 cm³/mol. The number of fused-ring (bicyclic) bond motifs is 1. The molecule has 2 aromatic heterocycles. The molecule has 1 aromatic carbocycles. The Morgan fingerprint density at radius 3 is 2.74 bits per heavy atom. The van der Waals surface area contributed by atoms with E-state index in [0.717, 1.165) is 24.0 Å². The molecule has 140 valence electrons. The van der Waals surface area contributed by atoms with Crippen molar-refractivity contribution in [3.63, 3.8) is 0 Å². The summed E-state index contributed by atoms with van der Waals surface area (Å²) in [5, 5.41) is 7.20. The van der Waals surface area contributed by atoms with Gasteiger partial charge in [-0.05, 0) is 12.0 Å². The van der Waals surface area contributed by atoms with Crippen molar-refractivity contribution in [2.45, 2.75) is 26.3 Å². The van der Waals surface area contributed by atoms with Gasteiger partial charge < -0.3 is 5.32 Å². The van der Waals surface area contributed by atoms with E-state index in [9.17, 15) is 14.4 Å². The number of unbranched alkanes of at least 4 members (excludes halogenated alkanes) is 1. The third kappa shape index (κ3) is 4.40. The van der Waals surface area contributed by atoms with Gasteiger partial charge in [0.25, 0.3) is 5.56 Å². The highest BCUT2D eigenvalue weighted by molar-refractivity contribution is 7.17. The summed E-state index contributed by atoms with van der Waals surface area (Å²) in [7, 11) is 0. The van der Waals surface area contributed by atoms with Gasteiger partial charge in [-0.2, -0.15) is 0 Å². The zero-order valence-electron chi connectivity index (χ0n) is 14.9. The standard InChI is InChI=1S/C19H20N4O3S/c1-2-3-9-20-19(26)22-15(24)10-23-12-21-17-16(18(23)25)14(11-27-17)13-7-5-4-6-8-13/h4-8,11-12H,2-3,9-10H2,1H3,(H2,20,22,24,26). The largest absolute Gasteiger partial charge is 0.338 e. The molecule has 0 unspecified atom stereocenters. The van der Waals surface area contributed by atoms with Crippen LogP contribution in [-0.4, -0.2) is 28.0 Å². The number of amides is 3. The molecular formula is C19H20N4O3S. The molecule has 0 fully saturated rings. The number of urea groups is 1. The van der Waals surface area contributed by atoms with E-state index in [2.05, 4.69) is 15.6 Å². The number of hydrogen-bond donors (Lipinski definition) is 2. The van der Waals surface area contributed by atoms with Gasteiger partial charge in [0.05, 0.1) is 11.7 Å². The lowest BCUT2D eigenvalue weighted by Gasteiger charge is -2.08. The number of aromatic nitrogens is 2. The van der Waals surface area contributed by atoms with Gasteiger partial charge >= 0.3 is 6.03 Å². The summed E-state index contributed by atoms with van der Waals surface area (Å²) in [5.74, 6) is -0.566. The Morgan fingerprint density at radius 2 is 2.00 bits per heavy atom. The first kappa shape index (κ1) is 18.8. The van der Waals surface area contributed by atoms with Crippen LogP contribution in [-0.2, 0) is 11.3 Å². The predicted octanol–water partition coefficient (Wildman–Crippen LogP) is 2.75. The summed E-state index contributed by atoms with van der Waals surface area (Å²) in [4.78, 5) is 41.5. The third-order valence-corrected chi connectivity index (χ3v) is 4.91. The van der Waals surface area contributed by atoms with Gasteiger partial charge in [-0.1, -0.05) is 43.7 Å². The summed E-state index contributed by atoms with van der Waals surface area (Å²) in [5.41, 5.74) is 1.40. The quantitative estimate of drug-likeness (QED) is 0.639. The zero-order chi connectivity index (χ0) is 19.2. The summed E-state index contributed by atoms with van der Waals surface area (Å²) in [6, 6.07) is 8.99. The smallest absolute Gasteiger partial charge is 0.321 e. The SMILES string of the molecule is CCCCNC(=O)NC(=O)Cn1cnc2scc(-c3ccccc3)c2c1=O. The van der Waals surface area contributed by atoms with Crippen LogP contribution in [0.25, 0.3) is 21.3 Å². The Morgan fingerprint density at radius 1 is 1.22 bits per heavy atom. The number of imide groups is 1. The van der Waals surface area contributed by atoms with E-state index in [1.807, 2.05) is 42.6 Å². The summed E-state index contributed by atoms with van der Waals surface area (Å²) < 4.78 is 1.22. The highest BCUT2D eigenvalue weighted by Gasteiger charge is 2.15. The van der Waals surface area contributed by atoms with E-state index in [1.54, 1.807) is 0 Å². The molecule has 0 saturated heterocycles. The number of benzene rings is 1. The number of nitrogens with zero attached hydrogens (tertiary/aromatic N) is 2. The maximum Gasteiger partial charge on any atom is 0.321 e. The van der Waals surface area contributed by atoms with Crippen LogP contribution < -0.4 is 16.2 Å². The normalized spacial score (nSPS) is 10.7. The minimum Gasteiger partial charge on any atom is -0.338 e. The van der Waals surface area contributed by atoms with Crippen LogP contribution in [0.1, 0.15) is 19.8 Å². The lowest BCUT2D eigenvalue weighted by atomic mass is 10.1. The number of carbonyl (C=O) groups excluding carboxylic acids is 2. The average Bonchev–Trinajstić information content (AvgIpc) is 3.10. The van der Waals surface area contributed by atoms with Crippen molar-refractivity contribution in [2.75, 3.05) is 6.54 Å². The number of rotatable bonds is 6. The second kappa shape index (κ2) is 8.59. The van der Waals surface area contributed by atoms with Crippen molar-refractivity contribution in [1.29, 1.82) is 0 Å². The van der Waals surface area contributed by atoms with Crippen LogP contribution in [0.15, 0.2) is 46.8 Å². The summed E-state index contributed by atoms with van der Waals surface area (Å²) in [6.07, 6.45) is 3.12. The fraction of sp³-hybridized carbons (Fsp3) is 0.263. The molecule has 3 amide bonds. The molecule has 0 aliphatic heterocycles. The molecule has 27 heavy (non-hydrogen) atoms. The van der Waals surface area contributed by atoms with E-state index in [4.69, 9.17) is 0 Å². The van der Waals surface area contributed by atoms with Gasteiger partial charge in [0.15, 0.2) is 0 Å². The molecule has 0 radical (unpaired) electrons. The van der Waals surface area contributed by atoms with E-state index in [0.29, 0.717) is 16.8 Å². The second-order valence-corrected chi connectivity index (χ2v) is 6.89. The van der Waals surface area contributed by atoms with Crippen molar-refractivity contribution in [3.8, 4) is 11.1 Å². The topological polar surface area (TPSA) is 93.1 Å². The number of thiophene rings is 1. The monoisotopic (exact) mass is 384 g/mol. The molecule has 8 heteroatoms. The van der Waals surface area contributed by atoms with Crippen LogP contribution in [0.2, 0.25) is 0 Å². The van der Waals surface area contributed by atoms with Gasteiger partial charge in [-0.15, -0.1) is 11.3 Å². The molecule has 7 nitrogen and oxygen atoms in total. The minimum absolute atomic E-state index is 0.271. The van der Waals surface area contributed by atoms with Gasteiger partial charge in [-0.25, -0.2) is 9.78 Å². The van der Waals surface area contributed by atoms with Crippen molar-refractivity contribution in [2.24, 2.45) is 0 Å². The highest BCUT2D eigenvalue weighted by atomic mass is 32.1. The van der Waals surface area contributed by atoms with E-state index in [1.165, 1.54) is 22.2 Å². The molecule has 2 N–H and O–H groups in total. The van der Waals surface area contributed by atoms with Crippen LogP contribution in [0.5, 0.6) is 0 Å². The van der Waals surface area contributed by atoms with E-state index < -0.39 is 11.9 Å². The molecule has 3 aromatic rings. The van der Waals surface area contributed by atoms with Crippen molar-refractivity contribution in [3.05, 3.63) is 52.4 Å². The number of hydrogen-bond acceptors (Lipinski definition) is 5.